The van der Waals surface area contributed by atoms with Crippen LogP contribution in [0.5, 0.6) is 0 Å². The van der Waals surface area contributed by atoms with Crippen molar-refractivity contribution in [3.8, 4) is 0 Å². The Labute approximate surface area is 99.0 Å². The number of morpholine rings is 1. The first kappa shape index (κ1) is 13.9. The second kappa shape index (κ2) is 7.22. The summed E-state index contributed by atoms with van der Waals surface area (Å²) in [5.74, 6) is 0. The van der Waals surface area contributed by atoms with Gasteiger partial charge in [0.05, 0.1) is 18.8 Å². The number of hydrogen-bond acceptors (Lipinski definition) is 4. The van der Waals surface area contributed by atoms with E-state index in [1.807, 2.05) is 0 Å². The van der Waals surface area contributed by atoms with Gasteiger partial charge < -0.3 is 15.2 Å². The van der Waals surface area contributed by atoms with Gasteiger partial charge in [0.25, 0.3) is 0 Å². The summed E-state index contributed by atoms with van der Waals surface area (Å²) in [6.45, 7) is 10.4. The molecule has 3 atom stereocenters. The predicted molar refractivity (Wildman–Crippen MR) is 65.6 cm³/mol. The molecule has 0 spiro atoms. The van der Waals surface area contributed by atoms with Crippen LogP contribution in [0.15, 0.2) is 0 Å². The molecule has 0 radical (unpaired) electrons. The van der Waals surface area contributed by atoms with E-state index >= 15 is 0 Å². The summed E-state index contributed by atoms with van der Waals surface area (Å²) in [6, 6.07) is 0.465. The van der Waals surface area contributed by atoms with Crippen molar-refractivity contribution in [2.75, 3.05) is 32.8 Å². The smallest absolute Gasteiger partial charge is 0.0791 e. The van der Waals surface area contributed by atoms with Gasteiger partial charge in [-0.2, -0.15) is 0 Å². The number of nitrogens with one attached hydrogen (secondary N) is 1. The van der Waals surface area contributed by atoms with E-state index in [4.69, 9.17) is 4.74 Å². The molecule has 2 N–H and O–H groups in total. The molecule has 0 aromatic rings. The van der Waals surface area contributed by atoms with Gasteiger partial charge in [0.15, 0.2) is 0 Å². The molecule has 96 valence electrons. The van der Waals surface area contributed by atoms with E-state index in [2.05, 4.69) is 31.0 Å². The van der Waals surface area contributed by atoms with Crippen molar-refractivity contribution in [1.82, 2.24) is 10.2 Å². The fraction of sp³-hybridized carbons (Fsp3) is 1.00. The lowest BCUT2D eigenvalue weighted by molar-refractivity contribution is -0.0674. The minimum atomic E-state index is -0.278. The Morgan fingerprint density at radius 3 is 2.88 bits per heavy atom. The van der Waals surface area contributed by atoms with E-state index in [0.717, 1.165) is 32.7 Å². The van der Waals surface area contributed by atoms with Crippen LogP contribution in [0.4, 0.5) is 0 Å². The monoisotopic (exact) mass is 230 g/mol. The van der Waals surface area contributed by atoms with Crippen LogP contribution in [0.25, 0.3) is 0 Å². The highest BCUT2D eigenvalue weighted by atomic mass is 16.5. The lowest BCUT2D eigenvalue weighted by Gasteiger charge is -2.39. The third-order valence-electron chi connectivity index (χ3n) is 3.13. The van der Waals surface area contributed by atoms with Gasteiger partial charge in [0, 0.05) is 25.7 Å². The summed E-state index contributed by atoms with van der Waals surface area (Å²) < 4.78 is 5.64. The maximum Gasteiger partial charge on any atom is 0.0791 e. The van der Waals surface area contributed by atoms with Gasteiger partial charge in [-0.05, 0) is 19.9 Å². The van der Waals surface area contributed by atoms with E-state index in [1.165, 1.54) is 0 Å². The average molecular weight is 230 g/mol. The summed E-state index contributed by atoms with van der Waals surface area (Å²) in [7, 11) is 0. The first-order valence-electron chi connectivity index (χ1n) is 6.41. The topological polar surface area (TPSA) is 44.7 Å². The van der Waals surface area contributed by atoms with Gasteiger partial charge in [-0.1, -0.05) is 13.8 Å². The normalized spacial score (nSPS) is 29.2. The SMILES string of the molecule is CCNCC(O)CN1CC(C)OCC1CC. The third kappa shape index (κ3) is 4.37. The molecule has 1 rings (SSSR count). The number of nitrogens with zero attached hydrogens (tertiary/aromatic N) is 1. The van der Waals surface area contributed by atoms with Crippen LogP contribution in [-0.2, 0) is 4.74 Å². The van der Waals surface area contributed by atoms with Crippen LogP contribution >= 0.6 is 0 Å². The molecular weight excluding hydrogens is 204 g/mol. The molecule has 0 bridgehead atoms. The summed E-state index contributed by atoms with van der Waals surface area (Å²) in [5, 5.41) is 13.1. The van der Waals surface area contributed by atoms with Crippen LogP contribution in [0, 0.1) is 0 Å². The Bertz CT molecular complexity index is 190. The molecule has 1 fully saturated rings. The zero-order chi connectivity index (χ0) is 12.0. The predicted octanol–water partition coefficient (Wildman–Crippen LogP) is 0.456. The van der Waals surface area contributed by atoms with Gasteiger partial charge in [-0.3, -0.25) is 4.90 Å². The second-order valence-electron chi connectivity index (χ2n) is 4.62. The largest absolute Gasteiger partial charge is 0.390 e. The molecule has 0 aromatic carbocycles. The van der Waals surface area contributed by atoms with Crippen molar-refractivity contribution in [2.24, 2.45) is 0 Å². The van der Waals surface area contributed by atoms with Crippen molar-refractivity contribution >= 4 is 0 Å². The molecule has 1 saturated heterocycles. The molecule has 0 amide bonds. The molecule has 3 unspecified atom stereocenters. The first-order chi connectivity index (χ1) is 7.67. The van der Waals surface area contributed by atoms with Crippen LogP contribution in [0.1, 0.15) is 27.2 Å². The lowest BCUT2D eigenvalue weighted by atomic mass is 10.1. The number of aliphatic hydroxyl groups excluding tert-OH is 1. The van der Waals surface area contributed by atoms with Gasteiger partial charge in [-0.15, -0.1) is 0 Å². The van der Waals surface area contributed by atoms with E-state index in [1.54, 1.807) is 0 Å². The molecule has 1 aliphatic rings. The van der Waals surface area contributed by atoms with Crippen molar-refractivity contribution in [3.05, 3.63) is 0 Å². The first-order valence-corrected chi connectivity index (χ1v) is 6.41. The molecule has 4 heteroatoms. The van der Waals surface area contributed by atoms with Crippen molar-refractivity contribution in [1.29, 1.82) is 0 Å². The fourth-order valence-electron chi connectivity index (χ4n) is 2.16. The Morgan fingerprint density at radius 2 is 2.25 bits per heavy atom. The van der Waals surface area contributed by atoms with Crippen LogP contribution in [0.2, 0.25) is 0 Å². The molecule has 1 heterocycles. The zero-order valence-corrected chi connectivity index (χ0v) is 10.8. The number of ether oxygens (including phenoxy) is 1. The molecule has 1 aliphatic heterocycles. The minimum absolute atomic E-state index is 0.278. The van der Waals surface area contributed by atoms with Crippen LogP contribution in [-0.4, -0.2) is 61.0 Å². The second-order valence-corrected chi connectivity index (χ2v) is 4.62. The minimum Gasteiger partial charge on any atom is -0.390 e. The lowest BCUT2D eigenvalue weighted by Crippen LogP contribution is -2.52. The number of hydrogen-bond donors (Lipinski definition) is 2. The maximum absolute atomic E-state index is 9.89. The Morgan fingerprint density at radius 1 is 1.50 bits per heavy atom. The summed E-state index contributed by atoms with van der Waals surface area (Å²) in [5.41, 5.74) is 0. The van der Waals surface area contributed by atoms with E-state index < -0.39 is 0 Å². The Balaban J connectivity index is 2.36. The van der Waals surface area contributed by atoms with Gasteiger partial charge in [0.2, 0.25) is 0 Å². The van der Waals surface area contributed by atoms with Crippen molar-refractivity contribution in [2.45, 2.75) is 45.4 Å². The van der Waals surface area contributed by atoms with Crippen molar-refractivity contribution < 1.29 is 9.84 Å². The number of rotatable bonds is 6. The zero-order valence-electron chi connectivity index (χ0n) is 10.8. The molecule has 4 nitrogen and oxygen atoms in total. The van der Waals surface area contributed by atoms with Gasteiger partial charge in [-0.25, -0.2) is 0 Å². The molecule has 16 heavy (non-hydrogen) atoms. The molecule has 0 saturated carbocycles. The van der Waals surface area contributed by atoms with Crippen LogP contribution in [0.3, 0.4) is 0 Å². The number of aliphatic hydroxyl groups is 1. The average Bonchev–Trinajstić information content (AvgIpc) is 2.27. The van der Waals surface area contributed by atoms with E-state index in [9.17, 15) is 5.11 Å². The van der Waals surface area contributed by atoms with E-state index in [0.29, 0.717) is 12.6 Å². The van der Waals surface area contributed by atoms with Gasteiger partial charge >= 0.3 is 0 Å². The highest BCUT2D eigenvalue weighted by Gasteiger charge is 2.26. The highest BCUT2D eigenvalue weighted by molar-refractivity contribution is 4.80. The standard InChI is InChI=1S/C12H26N2O2/c1-4-11-9-16-10(3)7-14(11)8-12(15)6-13-5-2/h10-13,15H,4-9H2,1-3H3. The molecule has 0 aliphatic carbocycles. The van der Waals surface area contributed by atoms with Crippen molar-refractivity contribution in [3.63, 3.8) is 0 Å². The molecular formula is C12H26N2O2. The Hall–Kier alpha value is -0.160. The van der Waals surface area contributed by atoms with Crippen LogP contribution < -0.4 is 5.32 Å². The summed E-state index contributed by atoms with van der Waals surface area (Å²) >= 11 is 0. The van der Waals surface area contributed by atoms with Gasteiger partial charge in [0.1, 0.15) is 0 Å². The summed E-state index contributed by atoms with van der Waals surface area (Å²) in [4.78, 5) is 2.36. The maximum atomic E-state index is 9.89. The Kier molecular flexibility index (Phi) is 6.28. The van der Waals surface area contributed by atoms with E-state index in [-0.39, 0.29) is 12.2 Å². The summed E-state index contributed by atoms with van der Waals surface area (Å²) in [6.07, 6.45) is 1.09. The highest BCUT2D eigenvalue weighted by Crippen LogP contribution is 2.14. The quantitative estimate of drug-likeness (QED) is 0.696. The molecule has 0 aromatic heterocycles. The number of β-amino-alcohol motifs (C(OH)–C–C–N with tert-alkyl or cyclic N) is 1. The fourth-order valence-corrected chi connectivity index (χ4v) is 2.16. The number of likely N-dealkylation sites (N-methyl/N-ethyl adjacent to an activating group) is 1. The third-order valence-corrected chi connectivity index (χ3v) is 3.13.